The fourth-order valence-corrected chi connectivity index (χ4v) is 4.29. The summed E-state index contributed by atoms with van der Waals surface area (Å²) in [6, 6.07) is 8.23. The summed E-state index contributed by atoms with van der Waals surface area (Å²) < 4.78 is 1.04. The molecule has 0 heterocycles. The van der Waals surface area contributed by atoms with Gasteiger partial charge in [0.2, 0.25) is 0 Å². The average Bonchev–Trinajstić information content (AvgIpc) is 2.39. The van der Waals surface area contributed by atoms with Gasteiger partial charge in [-0.2, -0.15) is 0 Å². The van der Waals surface area contributed by atoms with Crippen LogP contribution in [0.2, 0.25) is 5.02 Å². The molecule has 0 spiro atoms. The van der Waals surface area contributed by atoms with E-state index < -0.39 is 0 Å². The van der Waals surface area contributed by atoms with Gasteiger partial charge < -0.3 is 0 Å². The van der Waals surface area contributed by atoms with Gasteiger partial charge in [-0.15, -0.1) is 0 Å². The first-order chi connectivity index (χ1) is 9.32. The molecule has 0 bridgehead atoms. The molecule has 1 unspecified atom stereocenters. The Morgan fingerprint density at radius 3 is 2.05 bits per heavy atom. The molecule has 20 heavy (non-hydrogen) atoms. The lowest BCUT2D eigenvalue weighted by atomic mass is 9.90. The van der Waals surface area contributed by atoms with Crippen LogP contribution in [0, 0.1) is 27.7 Å². The molecule has 0 aromatic heterocycles. The minimum Gasteiger partial charge on any atom is -0.0840 e. The summed E-state index contributed by atoms with van der Waals surface area (Å²) in [5, 5.41) is 0.785. The Balaban J connectivity index is 2.65. The molecule has 0 aliphatic rings. The second-order valence-corrected chi connectivity index (χ2v) is 7.44. The summed E-state index contributed by atoms with van der Waals surface area (Å²) in [6.45, 7) is 8.68. The molecule has 0 fully saturated rings. The molecule has 0 N–H and O–H groups in total. The summed E-state index contributed by atoms with van der Waals surface area (Å²) in [5.41, 5.74) is 7.70. The lowest BCUT2D eigenvalue weighted by Crippen LogP contribution is -2.03. The summed E-state index contributed by atoms with van der Waals surface area (Å²) in [4.78, 5) is 0.103. The van der Waals surface area contributed by atoms with Gasteiger partial charge in [0, 0.05) is 9.50 Å². The lowest BCUT2D eigenvalue weighted by Gasteiger charge is -2.21. The number of halogens is 3. The van der Waals surface area contributed by atoms with Crippen molar-refractivity contribution < 1.29 is 0 Å². The number of aryl methyl sites for hydroxylation is 2. The summed E-state index contributed by atoms with van der Waals surface area (Å²) >= 11 is 13.7. The van der Waals surface area contributed by atoms with Crippen LogP contribution in [0.15, 0.2) is 28.7 Å². The number of alkyl halides is 1. The molecule has 0 aliphatic carbocycles. The third kappa shape index (κ3) is 2.98. The fourth-order valence-electron chi connectivity index (χ4n) is 2.49. The van der Waals surface area contributed by atoms with Crippen LogP contribution >= 0.6 is 43.5 Å². The topological polar surface area (TPSA) is 0 Å². The lowest BCUT2D eigenvalue weighted by molar-refractivity contribution is 1.07. The third-order valence-electron chi connectivity index (χ3n) is 3.91. The molecule has 0 saturated heterocycles. The van der Waals surface area contributed by atoms with Gasteiger partial charge in [-0.3, -0.25) is 0 Å². The summed E-state index contributed by atoms with van der Waals surface area (Å²) in [5.74, 6) is 0. The highest BCUT2D eigenvalue weighted by molar-refractivity contribution is 9.10. The zero-order valence-corrected chi connectivity index (χ0v) is 15.9. The van der Waals surface area contributed by atoms with E-state index in [0.29, 0.717) is 0 Å². The molecule has 2 rings (SSSR count). The third-order valence-corrected chi connectivity index (χ3v) is 5.70. The largest absolute Gasteiger partial charge is 0.0840 e. The van der Waals surface area contributed by atoms with Crippen LogP contribution < -0.4 is 0 Å². The maximum Gasteiger partial charge on any atom is 0.0664 e. The van der Waals surface area contributed by atoms with Gasteiger partial charge >= 0.3 is 0 Å². The molecule has 3 heteroatoms. The van der Waals surface area contributed by atoms with Crippen LogP contribution in [0.1, 0.15) is 38.2 Å². The quantitative estimate of drug-likeness (QED) is 0.471. The van der Waals surface area contributed by atoms with Gasteiger partial charge in [0.05, 0.1) is 4.83 Å². The minimum atomic E-state index is 0.103. The van der Waals surface area contributed by atoms with E-state index in [1.807, 2.05) is 12.1 Å². The predicted molar refractivity (Wildman–Crippen MR) is 95.3 cm³/mol. The van der Waals surface area contributed by atoms with Gasteiger partial charge in [-0.1, -0.05) is 49.5 Å². The van der Waals surface area contributed by atoms with Crippen LogP contribution in [-0.2, 0) is 0 Å². The van der Waals surface area contributed by atoms with Crippen molar-refractivity contribution in [2.75, 3.05) is 0 Å². The Kier molecular flexibility index (Phi) is 4.99. The van der Waals surface area contributed by atoms with Crippen LogP contribution in [0.5, 0.6) is 0 Å². The van der Waals surface area contributed by atoms with Crippen LogP contribution in [0.3, 0.4) is 0 Å². The Morgan fingerprint density at radius 1 is 0.950 bits per heavy atom. The molecular formula is C17H17Br2Cl. The second kappa shape index (κ2) is 6.21. The Labute approximate surface area is 142 Å². The van der Waals surface area contributed by atoms with Gasteiger partial charge in [-0.25, -0.2) is 0 Å². The first-order valence-corrected chi connectivity index (χ1v) is 8.58. The average molecular weight is 417 g/mol. The summed E-state index contributed by atoms with van der Waals surface area (Å²) in [6.07, 6.45) is 0. The number of hydrogen-bond donors (Lipinski definition) is 0. The van der Waals surface area contributed by atoms with Crippen molar-refractivity contribution >= 4 is 43.5 Å². The van der Waals surface area contributed by atoms with Crippen molar-refractivity contribution in [2.24, 2.45) is 0 Å². The standard InChI is InChI=1S/C17H17Br2Cl/c1-9-7-10(2)12(4)16(11(9)3)17(19)14-8-13(18)5-6-15(14)20/h5-8,17H,1-4H3. The second-order valence-electron chi connectivity index (χ2n) is 5.20. The van der Waals surface area contributed by atoms with Crippen molar-refractivity contribution in [3.05, 3.63) is 67.1 Å². The molecule has 2 aromatic rings. The van der Waals surface area contributed by atoms with E-state index in [9.17, 15) is 0 Å². The van der Waals surface area contributed by atoms with Gasteiger partial charge in [-0.05, 0) is 79.3 Å². The molecule has 0 aliphatic heterocycles. The van der Waals surface area contributed by atoms with Crippen molar-refractivity contribution in [3.63, 3.8) is 0 Å². The van der Waals surface area contributed by atoms with Crippen molar-refractivity contribution in [1.82, 2.24) is 0 Å². The molecule has 106 valence electrons. The minimum absolute atomic E-state index is 0.103. The van der Waals surface area contributed by atoms with Gasteiger partial charge in [0.25, 0.3) is 0 Å². The van der Waals surface area contributed by atoms with E-state index in [2.05, 4.69) is 71.7 Å². The highest BCUT2D eigenvalue weighted by Crippen LogP contribution is 2.40. The molecule has 0 nitrogen and oxygen atoms in total. The van der Waals surface area contributed by atoms with Crippen molar-refractivity contribution in [1.29, 1.82) is 0 Å². The summed E-state index contributed by atoms with van der Waals surface area (Å²) in [7, 11) is 0. The maximum absolute atomic E-state index is 6.37. The van der Waals surface area contributed by atoms with E-state index in [-0.39, 0.29) is 4.83 Å². The van der Waals surface area contributed by atoms with Gasteiger partial charge in [0.1, 0.15) is 0 Å². The molecule has 0 saturated carbocycles. The van der Waals surface area contributed by atoms with Crippen molar-refractivity contribution in [2.45, 2.75) is 32.5 Å². The van der Waals surface area contributed by atoms with Crippen LogP contribution in [0.25, 0.3) is 0 Å². The van der Waals surface area contributed by atoms with Crippen LogP contribution in [0.4, 0.5) is 0 Å². The highest BCUT2D eigenvalue weighted by atomic mass is 79.9. The van der Waals surface area contributed by atoms with Crippen LogP contribution in [-0.4, -0.2) is 0 Å². The first-order valence-electron chi connectivity index (χ1n) is 6.49. The number of benzene rings is 2. The number of rotatable bonds is 2. The molecule has 1 atom stereocenters. The molecule has 0 amide bonds. The normalized spacial score (nSPS) is 12.6. The monoisotopic (exact) mass is 414 g/mol. The Bertz CT molecular complexity index is 636. The Hall–Kier alpha value is -0.310. The van der Waals surface area contributed by atoms with E-state index in [1.54, 1.807) is 0 Å². The smallest absolute Gasteiger partial charge is 0.0664 e. The van der Waals surface area contributed by atoms with Gasteiger partial charge in [0.15, 0.2) is 0 Å². The predicted octanol–water partition coefficient (Wildman–Crippen LogP) is 6.82. The molecule has 0 radical (unpaired) electrons. The van der Waals surface area contributed by atoms with E-state index >= 15 is 0 Å². The number of hydrogen-bond acceptors (Lipinski definition) is 0. The van der Waals surface area contributed by atoms with E-state index in [0.717, 1.165) is 15.1 Å². The van der Waals surface area contributed by atoms with E-state index in [1.165, 1.54) is 27.8 Å². The van der Waals surface area contributed by atoms with Crippen molar-refractivity contribution in [3.8, 4) is 0 Å². The molecule has 2 aromatic carbocycles. The first kappa shape index (κ1) is 16.1. The highest BCUT2D eigenvalue weighted by Gasteiger charge is 2.20. The zero-order valence-electron chi connectivity index (χ0n) is 12.0. The van der Waals surface area contributed by atoms with E-state index in [4.69, 9.17) is 11.6 Å². The SMILES string of the molecule is Cc1cc(C)c(C)c(C(Br)c2cc(Br)ccc2Cl)c1C. The fraction of sp³-hybridized carbons (Fsp3) is 0.294. The Morgan fingerprint density at radius 2 is 1.50 bits per heavy atom. The maximum atomic E-state index is 6.37. The zero-order chi connectivity index (χ0) is 15.0. The molecular weight excluding hydrogens is 399 g/mol.